The number of diazo groups is 2. The van der Waals surface area contributed by atoms with Gasteiger partial charge in [0.1, 0.15) is 11.5 Å². The first-order chi connectivity index (χ1) is 11.5. The van der Waals surface area contributed by atoms with Crippen molar-refractivity contribution in [2.75, 3.05) is 14.2 Å². The molecule has 0 atom stereocenters. The van der Waals surface area contributed by atoms with Gasteiger partial charge in [0.25, 0.3) is 8.25 Å². The van der Waals surface area contributed by atoms with E-state index < -0.39 is 8.25 Å². The maximum atomic E-state index is 8.48. The fraction of sp³-hybridized carbons (Fsp3) is 0.143. The van der Waals surface area contributed by atoms with Crippen molar-refractivity contribution in [3.8, 4) is 11.5 Å². The van der Waals surface area contributed by atoms with Gasteiger partial charge in [-0.3, -0.25) is 0 Å². The maximum absolute atomic E-state index is 8.48. The Kier molecular flexibility index (Phi) is 10.8. The van der Waals surface area contributed by atoms with Crippen molar-refractivity contribution in [3.05, 3.63) is 58.5 Å². The third kappa shape index (κ3) is 9.77. The maximum Gasteiger partial charge on any atom is 0.385 e. The second-order valence-electron chi connectivity index (χ2n) is 3.82. The molecule has 0 amide bonds. The Morgan fingerprint density at radius 1 is 0.792 bits per heavy atom. The van der Waals surface area contributed by atoms with Crippen LogP contribution >= 0.6 is 8.25 Å². The molecule has 0 saturated heterocycles. The zero-order chi connectivity index (χ0) is 18.4. The van der Waals surface area contributed by atoms with E-state index in [9.17, 15) is 0 Å². The van der Waals surface area contributed by atoms with E-state index in [0.29, 0.717) is 11.4 Å². The van der Waals surface area contributed by atoms with Gasteiger partial charge < -0.3 is 19.3 Å². The van der Waals surface area contributed by atoms with Crippen molar-refractivity contribution in [2.24, 2.45) is 0 Å². The zero-order valence-electron chi connectivity index (χ0n) is 12.9. The zero-order valence-corrected chi connectivity index (χ0v) is 13.8. The predicted molar refractivity (Wildman–Crippen MR) is 83.1 cm³/mol. The Morgan fingerprint density at radius 3 is 1.21 bits per heavy atom. The van der Waals surface area contributed by atoms with E-state index in [2.05, 4.69) is 9.95 Å². The van der Waals surface area contributed by atoms with Crippen LogP contribution in [0.3, 0.4) is 0 Å². The molecule has 24 heavy (non-hydrogen) atoms. The highest BCUT2D eigenvalue weighted by molar-refractivity contribution is 7.27. The lowest BCUT2D eigenvalue weighted by Crippen LogP contribution is -1.97. The number of rotatable bonds is 2. The van der Waals surface area contributed by atoms with Gasteiger partial charge in [-0.15, -0.1) is 0 Å². The van der Waals surface area contributed by atoms with E-state index >= 15 is 0 Å². The predicted octanol–water partition coefficient (Wildman–Crippen LogP) is 2.72. The van der Waals surface area contributed by atoms with Gasteiger partial charge in [0.15, 0.2) is 9.95 Å². The third-order valence-electron chi connectivity index (χ3n) is 2.38. The summed E-state index contributed by atoms with van der Waals surface area (Å²) in [5.41, 5.74) is 1.06. The molecule has 0 N–H and O–H groups in total. The molecular formula is C14H14N4O5P+. The third-order valence-corrected chi connectivity index (χ3v) is 2.38. The summed E-state index contributed by atoms with van der Waals surface area (Å²) >= 11 is 0. The first-order valence-electron chi connectivity index (χ1n) is 6.26. The average Bonchev–Trinajstić information content (AvgIpc) is 2.62. The van der Waals surface area contributed by atoms with Crippen molar-refractivity contribution >= 4 is 19.6 Å². The second kappa shape index (κ2) is 12.4. The molecule has 9 nitrogen and oxygen atoms in total. The lowest BCUT2D eigenvalue weighted by atomic mass is 10.3. The van der Waals surface area contributed by atoms with E-state index in [-0.39, 0.29) is 0 Å². The smallest absolute Gasteiger partial charge is 0.385 e. The normalized spacial score (nSPS) is 8.08. The molecule has 0 unspecified atom stereocenters. The van der Waals surface area contributed by atoms with E-state index in [1.54, 1.807) is 62.8 Å². The van der Waals surface area contributed by atoms with Crippen LogP contribution in [0.25, 0.3) is 9.95 Å². The molecule has 0 aliphatic rings. The Hall–Kier alpha value is -3.10. The molecule has 124 valence electrons. The van der Waals surface area contributed by atoms with Gasteiger partial charge in [-0.1, -0.05) is 4.57 Å². The molecule has 2 rings (SSSR count). The minimum absolute atomic E-state index is 0.529. The summed E-state index contributed by atoms with van der Waals surface area (Å²) in [7, 11) is -0.194. The molecule has 2 aromatic carbocycles. The molecule has 0 aliphatic carbocycles. The van der Waals surface area contributed by atoms with Gasteiger partial charge >= 0.3 is 11.4 Å². The SMILES string of the molecule is COc1ccc([N+]#N)cc1.COc1ccc([N+]#N)cc1.O=[P+]([O-])[O-]. The lowest BCUT2D eigenvalue weighted by molar-refractivity contribution is -0.297. The van der Waals surface area contributed by atoms with Gasteiger partial charge in [0.05, 0.1) is 14.2 Å². The van der Waals surface area contributed by atoms with Crippen molar-refractivity contribution in [3.63, 3.8) is 0 Å². The van der Waals surface area contributed by atoms with Gasteiger partial charge in [0.2, 0.25) is 10.8 Å². The molecule has 0 aliphatic heterocycles. The van der Waals surface area contributed by atoms with Crippen molar-refractivity contribution in [2.45, 2.75) is 0 Å². The number of ether oxygens (including phenoxy) is 2. The summed E-state index contributed by atoms with van der Waals surface area (Å²) in [5, 5.41) is 16.6. The fourth-order valence-corrected chi connectivity index (χ4v) is 1.30. The summed E-state index contributed by atoms with van der Waals surface area (Å²) in [4.78, 5) is 22.9. The van der Waals surface area contributed by atoms with Crippen LogP contribution in [-0.2, 0) is 4.57 Å². The Balaban J connectivity index is 0.000000363. The molecule has 0 bridgehead atoms. The lowest BCUT2D eigenvalue weighted by Gasteiger charge is -1.93. The number of nitrogens with zero attached hydrogens (tertiary/aromatic N) is 4. The number of benzene rings is 2. The number of methoxy groups -OCH3 is 2. The molecule has 10 heteroatoms. The quantitative estimate of drug-likeness (QED) is 0.600. The highest BCUT2D eigenvalue weighted by Gasteiger charge is 2.01. The van der Waals surface area contributed by atoms with Crippen LogP contribution in [0.1, 0.15) is 0 Å². The van der Waals surface area contributed by atoms with E-state index in [1.165, 1.54) is 0 Å². The highest BCUT2D eigenvalue weighted by atomic mass is 31.1. The van der Waals surface area contributed by atoms with Gasteiger partial charge in [-0.05, 0) is 24.3 Å². The fourth-order valence-electron chi connectivity index (χ4n) is 1.30. The van der Waals surface area contributed by atoms with Crippen molar-refractivity contribution < 1.29 is 23.8 Å². The minimum Gasteiger partial charge on any atom is -0.598 e. The average molecular weight is 349 g/mol. The van der Waals surface area contributed by atoms with Crippen molar-refractivity contribution in [1.82, 2.24) is 0 Å². The summed E-state index contributed by atoms with van der Waals surface area (Å²) in [6.07, 6.45) is 0. The molecule has 2 aromatic rings. The summed E-state index contributed by atoms with van der Waals surface area (Å²) in [5.74, 6) is 1.51. The molecule has 0 saturated carbocycles. The van der Waals surface area contributed by atoms with Gasteiger partial charge in [-0.2, -0.15) is 0 Å². The molecular weight excluding hydrogens is 335 g/mol. The van der Waals surface area contributed by atoms with Crippen LogP contribution in [0.4, 0.5) is 11.4 Å². The van der Waals surface area contributed by atoms with E-state index in [0.717, 1.165) is 11.5 Å². The van der Waals surface area contributed by atoms with Gasteiger partial charge in [0, 0.05) is 24.3 Å². The van der Waals surface area contributed by atoms with Crippen LogP contribution in [-0.4, -0.2) is 14.2 Å². The van der Waals surface area contributed by atoms with Crippen LogP contribution in [0, 0.1) is 10.8 Å². The minimum atomic E-state index is -3.37. The monoisotopic (exact) mass is 349 g/mol. The standard InChI is InChI=1S/2C7H7N2O.HO3P/c2*1-10-7-4-2-6(9-8)3-5-7;1-4(2)3/h2*2-5H,1H3;(H,1,2,3)/q2*+1;/p-1. The summed E-state index contributed by atoms with van der Waals surface area (Å²) in [6.45, 7) is 0. The molecule has 0 radical (unpaired) electrons. The Morgan fingerprint density at radius 2 is 1.04 bits per heavy atom. The van der Waals surface area contributed by atoms with E-state index in [4.69, 9.17) is 34.6 Å². The highest BCUT2D eigenvalue weighted by Crippen LogP contribution is 2.17. The van der Waals surface area contributed by atoms with E-state index in [1.807, 2.05) is 0 Å². The molecule has 0 fully saturated rings. The largest absolute Gasteiger partial charge is 0.598 e. The number of hydrogen-bond acceptors (Lipinski definition) is 7. The van der Waals surface area contributed by atoms with Crippen LogP contribution in [0.5, 0.6) is 11.5 Å². The molecule has 0 heterocycles. The first-order valence-corrected chi connectivity index (χ1v) is 7.36. The second-order valence-corrected chi connectivity index (χ2v) is 4.27. The van der Waals surface area contributed by atoms with Crippen molar-refractivity contribution in [1.29, 1.82) is 10.8 Å². The number of hydrogen-bond donors (Lipinski definition) is 0. The van der Waals surface area contributed by atoms with Crippen LogP contribution < -0.4 is 19.3 Å². The van der Waals surface area contributed by atoms with Crippen LogP contribution in [0.15, 0.2) is 48.5 Å². The van der Waals surface area contributed by atoms with Crippen LogP contribution in [0.2, 0.25) is 0 Å². The first kappa shape index (κ1) is 20.9. The van der Waals surface area contributed by atoms with Gasteiger partial charge in [-0.25, -0.2) is 0 Å². The molecule has 0 aromatic heterocycles. The summed E-state index contributed by atoms with van der Waals surface area (Å²) in [6, 6.07) is 13.6. The summed E-state index contributed by atoms with van der Waals surface area (Å²) < 4.78 is 18.3. The Bertz CT molecular complexity index is 646. The molecule has 0 spiro atoms. The Labute approximate surface area is 139 Å². The topological polar surface area (TPSA) is 138 Å².